The summed E-state index contributed by atoms with van der Waals surface area (Å²) in [5, 5.41) is 0. The van der Waals surface area contributed by atoms with E-state index in [-0.39, 0.29) is 17.8 Å². The van der Waals surface area contributed by atoms with Crippen molar-refractivity contribution >= 4 is 17.3 Å². The summed E-state index contributed by atoms with van der Waals surface area (Å²) in [5.41, 5.74) is 3.04. The van der Waals surface area contributed by atoms with Crippen LogP contribution in [0.3, 0.4) is 0 Å². The fraction of sp³-hybridized carbons (Fsp3) is 0.433. The van der Waals surface area contributed by atoms with Gasteiger partial charge in [-0.05, 0) is 49.2 Å². The van der Waals surface area contributed by atoms with E-state index in [1.54, 1.807) is 0 Å². The molecule has 212 valence electrons. The van der Waals surface area contributed by atoms with Crippen molar-refractivity contribution in [2.75, 3.05) is 56.4 Å². The van der Waals surface area contributed by atoms with Crippen molar-refractivity contribution in [3.8, 4) is 0 Å². The molecule has 2 aromatic carbocycles. The number of hydrogen-bond acceptors (Lipinski definition) is 7. The number of rotatable bonds is 8. The number of halogens is 3. The van der Waals surface area contributed by atoms with Gasteiger partial charge in [0, 0.05) is 62.5 Å². The highest BCUT2D eigenvalue weighted by Gasteiger charge is 2.31. The van der Waals surface area contributed by atoms with Gasteiger partial charge in [0.1, 0.15) is 11.6 Å². The van der Waals surface area contributed by atoms with Crippen molar-refractivity contribution in [3.63, 3.8) is 0 Å². The summed E-state index contributed by atoms with van der Waals surface area (Å²) in [6.45, 7) is 7.81. The fourth-order valence-corrected chi connectivity index (χ4v) is 5.28. The summed E-state index contributed by atoms with van der Waals surface area (Å²) < 4.78 is 44.7. The number of hydrogen-bond donors (Lipinski definition) is 0. The normalized spacial score (nSPS) is 16.2. The molecular formula is C30H34F3N5O2. The smallest absolute Gasteiger partial charge is 0.379 e. The highest BCUT2D eigenvalue weighted by Crippen LogP contribution is 2.32. The molecule has 0 atom stereocenters. The number of morpholine rings is 1. The molecule has 0 aliphatic carbocycles. The van der Waals surface area contributed by atoms with Crippen molar-refractivity contribution in [2.24, 2.45) is 0 Å². The lowest BCUT2D eigenvalue weighted by atomic mass is 9.99. The molecule has 0 radical (unpaired) electrons. The molecule has 0 bridgehead atoms. The molecule has 3 aromatic rings. The molecule has 2 aliphatic rings. The highest BCUT2D eigenvalue weighted by molar-refractivity contribution is 5.97. The number of ketones is 1. The van der Waals surface area contributed by atoms with Crippen LogP contribution in [0.5, 0.6) is 0 Å². The monoisotopic (exact) mass is 553 g/mol. The number of aryl methyl sites for hydroxylation is 2. The molecule has 40 heavy (non-hydrogen) atoms. The lowest BCUT2D eigenvalue weighted by molar-refractivity contribution is -0.137. The van der Waals surface area contributed by atoms with Gasteiger partial charge in [0.2, 0.25) is 0 Å². The number of aromatic nitrogens is 2. The molecular weight excluding hydrogens is 519 g/mol. The molecule has 1 aromatic heterocycles. The van der Waals surface area contributed by atoms with E-state index in [9.17, 15) is 18.0 Å². The Kier molecular flexibility index (Phi) is 8.37. The highest BCUT2D eigenvalue weighted by atomic mass is 19.4. The van der Waals surface area contributed by atoms with Crippen LogP contribution in [-0.4, -0.2) is 67.2 Å². The Bertz CT molecular complexity index is 1360. The zero-order chi connectivity index (χ0) is 28.3. The predicted molar refractivity (Wildman–Crippen MR) is 148 cm³/mol. The van der Waals surface area contributed by atoms with Crippen LogP contribution in [0.15, 0.2) is 48.7 Å². The van der Waals surface area contributed by atoms with Crippen LogP contribution in [0, 0.1) is 6.92 Å². The Hall–Kier alpha value is -3.50. The first-order valence-corrected chi connectivity index (χ1v) is 13.6. The number of carbonyl (C=O) groups is 1. The van der Waals surface area contributed by atoms with Gasteiger partial charge in [0.05, 0.1) is 25.4 Å². The van der Waals surface area contributed by atoms with Crippen LogP contribution < -0.4 is 9.80 Å². The van der Waals surface area contributed by atoms with Crippen LogP contribution in [0.1, 0.15) is 44.9 Å². The van der Waals surface area contributed by atoms with Gasteiger partial charge in [0.25, 0.3) is 0 Å². The van der Waals surface area contributed by atoms with Gasteiger partial charge in [-0.1, -0.05) is 24.3 Å². The number of ether oxygens (including phenoxy) is 1. The third kappa shape index (κ3) is 6.62. The average molecular weight is 554 g/mol. The third-order valence-electron chi connectivity index (χ3n) is 7.47. The van der Waals surface area contributed by atoms with E-state index in [1.807, 2.05) is 38.4 Å². The number of Topliss-reactive ketones (excluding diaryl/α,β-unsaturated/α-hetero) is 1. The summed E-state index contributed by atoms with van der Waals surface area (Å²) in [6, 6.07) is 10.4. The molecule has 2 aliphatic heterocycles. The minimum atomic E-state index is -4.49. The maximum atomic E-state index is 13.1. The maximum Gasteiger partial charge on any atom is 0.416 e. The van der Waals surface area contributed by atoms with Gasteiger partial charge >= 0.3 is 6.18 Å². The molecule has 0 amide bonds. The van der Waals surface area contributed by atoms with Crippen molar-refractivity contribution < 1.29 is 22.7 Å². The number of fused-ring (bicyclic) bond motifs is 1. The van der Waals surface area contributed by atoms with E-state index in [1.165, 1.54) is 12.1 Å². The van der Waals surface area contributed by atoms with Crippen LogP contribution in [0.25, 0.3) is 0 Å². The first-order chi connectivity index (χ1) is 19.2. The lowest BCUT2D eigenvalue weighted by Crippen LogP contribution is -2.41. The second-order valence-electron chi connectivity index (χ2n) is 10.5. The Morgan fingerprint density at radius 3 is 2.67 bits per heavy atom. The number of anilines is 2. The molecule has 1 fully saturated rings. The van der Waals surface area contributed by atoms with E-state index < -0.39 is 11.7 Å². The fourth-order valence-electron chi connectivity index (χ4n) is 5.28. The van der Waals surface area contributed by atoms with E-state index in [0.29, 0.717) is 13.2 Å². The van der Waals surface area contributed by atoms with Crippen molar-refractivity contribution in [1.29, 1.82) is 0 Å². The van der Waals surface area contributed by atoms with Crippen molar-refractivity contribution in [3.05, 3.63) is 82.3 Å². The quantitative estimate of drug-likeness (QED) is 0.368. The zero-order valence-corrected chi connectivity index (χ0v) is 22.9. The Morgan fingerprint density at radius 1 is 1.10 bits per heavy atom. The molecule has 10 heteroatoms. The van der Waals surface area contributed by atoms with Crippen molar-refractivity contribution in [2.45, 2.75) is 38.9 Å². The summed E-state index contributed by atoms with van der Waals surface area (Å²) >= 11 is 0. The molecule has 1 saturated heterocycles. The summed E-state index contributed by atoms with van der Waals surface area (Å²) in [4.78, 5) is 29.1. The van der Waals surface area contributed by atoms with Crippen LogP contribution in [0.2, 0.25) is 0 Å². The number of alkyl halides is 3. The summed E-state index contributed by atoms with van der Waals surface area (Å²) in [7, 11) is 2.01. The summed E-state index contributed by atoms with van der Waals surface area (Å²) in [6.07, 6.45) is -0.739. The van der Waals surface area contributed by atoms with E-state index in [2.05, 4.69) is 19.7 Å². The zero-order valence-electron chi connectivity index (χ0n) is 22.9. The molecule has 3 heterocycles. The van der Waals surface area contributed by atoms with Crippen LogP contribution in [-0.2, 0) is 30.3 Å². The van der Waals surface area contributed by atoms with Crippen LogP contribution in [0.4, 0.5) is 24.7 Å². The molecule has 0 saturated carbocycles. The van der Waals surface area contributed by atoms with Gasteiger partial charge in [-0.25, -0.2) is 9.97 Å². The minimum Gasteiger partial charge on any atom is -0.379 e. The molecule has 0 spiro atoms. The molecule has 7 nitrogen and oxygen atoms in total. The van der Waals surface area contributed by atoms with Gasteiger partial charge in [-0.15, -0.1) is 0 Å². The number of carbonyl (C=O) groups excluding carboxylic acids is 1. The van der Waals surface area contributed by atoms with Gasteiger partial charge in [-0.2, -0.15) is 13.2 Å². The van der Waals surface area contributed by atoms with Gasteiger partial charge < -0.3 is 14.5 Å². The third-order valence-corrected chi connectivity index (χ3v) is 7.47. The topological polar surface area (TPSA) is 61.8 Å². The van der Waals surface area contributed by atoms with E-state index >= 15 is 0 Å². The Balaban J connectivity index is 1.26. The van der Waals surface area contributed by atoms with E-state index in [0.717, 1.165) is 91.8 Å². The second kappa shape index (κ2) is 11.9. The maximum absolute atomic E-state index is 13.1. The largest absolute Gasteiger partial charge is 0.416 e. The average Bonchev–Trinajstić information content (AvgIpc) is 2.94. The SMILES string of the molecule is Cc1ccc(CC(=O)c2cccc(C(F)(F)F)c2)cc1N1Cc2cnc(CCCN3CCOCC3)nc2N(C)C1. The van der Waals surface area contributed by atoms with Gasteiger partial charge in [-0.3, -0.25) is 9.69 Å². The van der Waals surface area contributed by atoms with E-state index in [4.69, 9.17) is 9.72 Å². The Morgan fingerprint density at radius 2 is 1.90 bits per heavy atom. The standard InChI is InChI=1S/C30H34F3N5O2/c1-21-8-9-22(16-27(39)23-5-3-6-25(17-23)30(31,32)33)15-26(21)38-19-24-18-34-28(35-29(24)36(2)20-38)7-4-10-37-11-13-40-14-12-37/h3,5-6,8-9,15,17-18H,4,7,10-14,16,19-20H2,1-2H3. The number of nitrogens with zero attached hydrogens (tertiary/aromatic N) is 5. The molecule has 0 N–H and O–H groups in total. The molecule has 0 unspecified atom stereocenters. The minimum absolute atomic E-state index is 0.0196. The first-order valence-electron chi connectivity index (χ1n) is 13.6. The predicted octanol–water partition coefficient (Wildman–Crippen LogP) is 4.91. The van der Waals surface area contributed by atoms with Crippen molar-refractivity contribution in [1.82, 2.24) is 14.9 Å². The first kappa shape index (κ1) is 28.0. The number of benzene rings is 2. The van der Waals surface area contributed by atoms with Gasteiger partial charge in [0.15, 0.2) is 5.78 Å². The van der Waals surface area contributed by atoms with Crippen LogP contribution >= 0.6 is 0 Å². The summed E-state index contributed by atoms with van der Waals surface area (Å²) in [5.74, 6) is 1.43. The molecule has 5 rings (SSSR count). The Labute approximate surface area is 232 Å². The second-order valence-corrected chi connectivity index (χ2v) is 10.5. The lowest BCUT2D eigenvalue weighted by Gasteiger charge is -2.37.